The molecule has 1 amide bonds. The lowest BCUT2D eigenvalue weighted by atomic mass is 10.1. The van der Waals surface area contributed by atoms with Crippen LogP contribution in [-0.4, -0.2) is 34.7 Å². The molecule has 94 valence electrons. The average molecular weight is 244 g/mol. The van der Waals surface area contributed by atoms with Crippen LogP contribution in [0.5, 0.6) is 0 Å². The highest BCUT2D eigenvalue weighted by Gasteiger charge is 2.11. The van der Waals surface area contributed by atoms with E-state index in [0.29, 0.717) is 11.3 Å². The molecular formula is C13H16N4O. The maximum Gasteiger partial charge on any atom is 0.253 e. The molecule has 5 heteroatoms. The first-order valence-corrected chi connectivity index (χ1v) is 5.62. The molecule has 0 saturated carbocycles. The van der Waals surface area contributed by atoms with Gasteiger partial charge in [0.25, 0.3) is 5.91 Å². The van der Waals surface area contributed by atoms with E-state index in [9.17, 15) is 4.79 Å². The van der Waals surface area contributed by atoms with E-state index < -0.39 is 0 Å². The number of amides is 1. The Morgan fingerprint density at radius 2 is 2.11 bits per heavy atom. The number of rotatable bonds is 2. The van der Waals surface area contributed by atoms with Gasteiger partial charge in [-0.1, -0.05) is 0 Å². The molecule has 1 aromatic carbocycles. The first-order chi connectivity index (χ1) is 8.49. The van der Waals surface area contributed by atoms with Gasteiger partial charge in [0.15, 0.2) is 0 Å². The molecule has 0 aliphatic carbocycles. The topological polar surface area (TPSA) is 64.2 Å². The smallest absolute Gasteiger partial charge is 0.253 e. The summed E-state index contributed by atoms with van der Waals surface area (Å²) in [6.07, 6.45) is 3.65. The van der Waals surface area contributed by atoms with Gasteiger partial charge in [0, 0.05) is 25.9 Å². The van der Waals surface area contributed by atoms with E-state index in [2.05, 4.69) is 5.10 Å². The fourth-order valence-electron chi connectivity index (χ4n) is 1.70. The van der Waals surface area contributed by atoms with E-state index in [0.717, 1.165) is 11.3 Å². The summed E-state index contributed by atoms with van der Waals surface area (Å²) in [5.41, 5.74) is 8.91. The van der Waals surface area contributed by atoms with Gasteiger partial charge < -0.3 is 10.6 Å². The van der Waals surface area contributed by atoms with Crippen molar-refractivity contribution in [1.82, 2.24) is 14.7 Å². The van der Waals surface area contributed by atoms with Gasteiger partial charge in [-0.2, -0.15) is 5.10 Å². The number of nitrogens with zero attached hydrogens (tertiary/aromatic N) is 3. The molecule has 0 saturated heterocycles. The van der Waals surface area contributed by atoms with Crippen LogP contribution in [-0.2, 0) is 0 Å². The number of carbonyl (C=O) groups excluding carboxylic acids is 1. The van der Waals surface area contributed by atoms with Crippen LogP contribution >= 0.6 is 0 Å². The Labute approximate surface area is 106 Å². The molecule has 2 N–H and O–H groups in total. The lowest BCUT2D eigenvalue weighted by molar-refractivity contribution is 0.0827. The maximum absolute atomic E-state index is 11.8. The highest BCUT2D eigenvalue weighted by atomic mass is 16.2. The summed E-state index contributed by atoms with van der Waals surface area (Å²) in [5, 5.41) is 4.20. The Balaban J connectivity index is 2.39. The van der Waals surface area contributed by atoms with Gasteiger partial charge in [0.1, 0.15) is 0 Å². The van der Waals surface area contributed by atoms with E-state index in [1.807, 2.05) is 13.1 Å². The molecule has 1 heterocycles. The first kappa shape index (κ1) is 12.2. The number of aromatic nitrogens is 2. The number of carbonyl (C=O) groups is 1. The Morgan fingerprint density at radius 3 is 2.61 bits per heavy atom. The van der Waals surface area contributed by atoms with Crippen molar-refractivity contribution in [1.29, 1.82) is 0 Å². The average Bonchev–Trinajstić information content (AvgIpc) is 2.74. The van der Waals surface area contributed by atoms with E-state index in [4.69, 9.17) is 5.73 Å². The molecular weight excluding hydrogens is 228 g/mol. The van der Waals surface area contributed by atoms with E-state index in [1.54, 1.807) is 43.2 Å². The predicted molar refractivity (Wildman–Crippen MR) is 70.7 cm³/mol. The van der Waals surface area contributed by atoms with Crippen LogP contribution < -0.4 is 5.73 Å². The minimum atomic E-state index is -0.0649. The Hall–Kier alpha value is -2.30. The van der Waals surface area contributed by atoms with Gasteiger partial charge in [-0.05, 0) is 30.7 Å². The number of nitrogen functional groups attached to an aromatic ring is 1. The number of hydrogen-bond acceptors (Lipinski definition) is 3. The van der Waals surface area contributed by atoms with Crippen LogP contribution in [0.25, 0.3) is 5.69 Å². The molecule has 0 aliphatic heterocycles. The van der Waals surface area contributed by atoms with Gasteiger partial charge in [-0.15, -0.1) is 0 Å². The standard InChI is InChI=1S/C13H16N4O/c1-9-7-15-17(8-9)12-5-4-10(6-11(12)14)13(18)16(2)3/h4-8H,14H2,1-3H3. The fraction of sp³-hybridized carbons (Fsp3) is 0.231. The summed E-state index contributed by atoms with van der Waals surface area (Å²) >= 11 is 0. The first-order valence-electron chi connectivity index (χ1n) is 5.62. The Morgan fingerprint density at radius 1 is 1.39 bits per heavy atom. The molecule has 0 radical (unpaired) electrons. The minimum absolute atomic E-state index is 0.0649. The maximum atomic E-state index is 11.8. The molecule has 0 fully saturated rings. The van der Waals surface area contributed by atoms with Crippen LogP contribution in [0.4, 0.5) is 5.69 Å². The SMILES string of the molecule is Cc1cnn(-c2ccc(C(=O)N(C)C)cc2N)c1. The molecule has 18 heavy (non-hydrogen) atoms. The minimum Gasteiger partial charge on any atom is -0.397 e. The zero-order chi connectivity index (χ0) is 13.3. The summed E-state index contributed by atoms with van der Waals surface area (Å²) in [4.78, 5) is 13.3. The molecule has 0 unspecified atom stereocenters. The monoisotopic (exact) mass is 244 g/mol. The largest absolute Gasteiger partial charge is 0.397 e. The summed E-state index contributed by atoms with van der Waals surface area (Å²) in [7, 11) is 3.42. The van der Waals surface area contributed by atoms with Crippen molar-refractivity contribution < 1.29 is 4.79 Å². The van der Waals surface area contributed by atoms with Crippen LogP contribution in [0, 0.1) is 6.92 Å². The van der Waals surface area contributed by atoms with Crippen molar-refractivity contribution in [3.63, 3.8) is 0 Å². The molecule has 0 spiro atoms. The highest BCUT2D eigenvalue weighted by molar-refractivity contribution is 5.95. The quantitative estimate of drug-likeness (QED) is 0.813. The molecule has 2 aromatic rings. The van der Waals surface area contributed by atoms with Crippen molar-refractivity contribution in [2.24, 2.45) is 0 Å². The van der Waals surface area contributed by atoms with Gasteiger partial charge in [0.05, 0.1) is 17.6 Å². The number of anilines is 1. The molecule has 5 nitrogen and oxygen atoms in total. The Kier molecular flexibility index (Phi) is 3.06. The Bertz CT molecular complexity index is 586. The number of benzene rings is 1. The van der Waals surface area contributed by atoms with Gasteiger partial charge in [0.2, 0.25) is 0 Å². The predicted octanol–water partition coefficient (Wildman–Crippen LogP) is 1.46. The van der Waals surface area contributed by atoms with E-state index in [-0.39, 0.29) is 5.91 Å². The van der Waals surface area contributed by atoms with Gasteiger partial charge in [-0.3, -0.25) is 4.79 Å². The number of aryl methyl sites for hydroxylation is 1. The van der Waals surface area contributed by atoms with Crippen molar-refractivity contribution in [3.05, 3.63) is 41.7 Å². The number of hydrogen-bond donors (Lipinski definition) is 1. The second kappa shape index (κ2) is 4.52. The van der Waals surface area contributed by atoms with Crippen LogP contribution in [0.3, 0.4) is 0 Å². The lowest BCUT2D eigenvalue weighted by Crippen LogP contribution is -2.21. The summed E-state index contributed by atoms with van der Waals surface area (Å²) in [6, 6.07) is 5.23. The van der Waals surface area contributed by atoms with Crippen LogP contribution in [0.1, 0.15) is 15.9 Å². The molecule has 0 atom stereocenters. The van der Waals surface area contributed by atoms with Gasteiger partial charge in [-0.25, -0.2) is 4.68 Å². The summed E-state index contributed by atoms with van der Waals surface area (Å²) in [6.45, 7) is 1.96. The van der Waals surface area contributed by atoms with E-state index in [1.165, 1.54) is 4.90 Å². The van der Waals surface area contributed by atoms with Gasteiger partial charge >= 0.3 is 0 Å². The van der Waals surface area contributed by atoms with Crippen molar-refractivity contribution >= 4 is 11.6 Å². The molecule has 0 bridgehead atoms. The molecule has 1 aromatic heterocycles. The molecule has 0 aliphatic rings. The van der Waals surface area contributed by atoms with Crippen LogP contribution in [0.2, 0.25) is 0 Å². The van der Waals surface area contributed by atoms with Crippen molar-refractivity contribution in [2.45, 2.75) is 6.92 Å². The van der Waals surface area contributed by atoms with Crippen LogP contribution in [0.15, 0.2) is 30.6 Å². The fourth-order valence-corrected chi connectivity index (χ4v) is 1.70. The van der Waals surface area contributed by atoms with Crippen molar-refractivity contribution in [3.8, 4) is 5.69 Å². The summed E-state index contributed by atoms with van der Waals surface area (Å²) in [5.74, 6) is -0.0649. The normalized spacial score (nSPS) is 10.4. The number of nitrogens with two attached hydrogens (primary N) is 1. The zero-order valence-electron chi connectivity index (χ0n) is 10.7. The third-order valence-electron chi connectivity index (χ3n) is 2.64. The third kappa shape index (κ3) is 2.20. The molecule has 2 rings (SSSR count). The highest BCUT2D eigenvalue weighted by Crippen LogP contribution is 2.19. The third-order valence-corrected chi connectivity index (χ3v) is 2.64. The second-order valence-corrected chi connectivity index (χ2v) is 4.44. The zero-order valence-corrected chi connectivity index (χ0v) is 10.7. The van der Waals surface area contributed by atoms with E-state index >= 15 is 0 Å². The lowest BCUT2D eigenvalue weighted by Gasteiger charge is -2.12. The van der Waals surface area contributed by atoms with Crippen molar-refractivity contribution in [2.75, 3.05) is 19.8 Å². The summed E-state index contributed by atoms with van der Waals surface area (Å²) < 4.78 is 1.70. The second-order valence-electron chi connectivity index (χ2n) is 4.44.